The number of nitrogens with one attached hydrogen (secondary N) is 3. The Kier molecular flexibility index (Phi) is 8.38. The van der Waals surface area contributed by atoms with Crippen molar-refractivity contribution in [2.24, 2.45) is 0 Å². The fraction of sp³-hybridized carbons (Fsp3) is 0.219. The van der Waals surface area contributed by atoms with Gasteiger partial charge in [-0.2, -0.15) is 0 Å². The summed E-state index contributed by atoms with van der Waals surface area (Å²) in [7, 11) is 1.60. The summed E-state index contributed by atoms with van der Waals surface area (Å²) in [6.07, 6.45) is 3.12. The molecule has 1 aliphatic heterocycles. The van der Waals surface area contributed by atoms with Crippen LogP contribution in [-0.2, 0) is 11.3 Å². The smallest absolute Gasteiger partial charge is 0.220 e. The SMILES string of the molecule is COc1nc(-c2cccc(-c3cccc(Nc4nc(C)nc5cccnc45)c3Cl)c2Cl)ccc1CNCC1CCC(=O)N1. The molecule has 1 atom stereocenters. The second kappa shape index (κ2) is 12.5. The molecule has 11 heteroatoms. The molecule has 3 N–H and O–H groups in total. The van der Waals surface area contributed by atoms with Crippen molar-refractivity contribution in [1.82, 2.24) is 30.6 Å². The standard InChI is InChI=1S/C32H29Cl2N7O2/c1-18-37-26-10-5-15-36-30(26)31(38-18)40-25-9-4-7-22(29(25)34)21-6-3-8-23(28(21)33)24-13-11-19(32(41-24)43-2)16-35-17-20-12-14-27(42)39-20/h3-11,13,15,20,35H,12,14,16-17H2,1-2H3,(H,39,42)(H,37,38,40). The van der Waals surface area contributed by atoms with Gasteiger partial charge < -0.3 is 20.7 Å². The zero-order valence-corrected chi connectivity index (χ0v) is 25.1. The van der Waals surface area contributed by atoms with Gasteiger partial charge in [0.25, 0.3) is 0 Å². The Morgan fingerprint density at radius 1 is 0.953 bits per heavy atom. The van der Waals surface area contributed by atoms with Crippen LogP contribution in [0.3, 0.4) is 0 Å². The topological polar surface area (TPSA) is 114 Å². The van der Waals surface area contributed by atoms with E-state index in [0.717, 1.165) is 34.2 Å². The molecule has 0 spiro atoms. The molecule has 0 aliphatic carbocycles. The number of methoxy groups -OCH3 is 1. The molecule has 3 aromatic heterocycles. The van der Waals surface area contributed by atoms with Crippen LogP contribution in [0, 0.1) is 6.92 Å². The quantitative estimate of drug-likeness (QED) is 0.173. The summed E-state index contributed by atoms with van der Waals surface area (Å²) in [5.74, 6) is 1.80. The molecule has 0 radical (unpaired) electrons. The second-order valence-electron chi connectivity index (χ2n) is 10.2. The highest BCUT2D eigenvalue weighted by Gasteiger charge is 2.21. The van der Waals surface area contributed by atoms with Crippen LogP contribution in [0.5, 0.6) is 5.88 Å². The van der Waals surface area contributed by atoms with Crippen molar-refractivity contribution in [3.8, 4) is 28.3 Å². The third kappa shape index (κ3) is 6.10. The molecular weight excluding hydrogens is 585 g/mol. The first kappa shape index (κ1) is 28.8. The monoisotopic (exact) mass is 613 g/mol. The minimum absolute atomic E-state index is 0.102. The lowest BCUT2D eigenvalue weighted by molar-refractivity contribution is -0.119. The number of benzene rings is 2. The first-order valence-electron chi connectivity index (χ1n) is 13.9. The van der Waals surface area contributed by atoms with E-state index in [1.165, 1.54) is 0 Å². The van der Waals surface area contributed by atoms with Crippen molar-refractivity contribution in [3.63, 3.8) is 0 Å². The fourth-order valence-corrected chi connectivity index (χ4v) is 5.81. The van der Waals surface area contributed by atoms with E-state index in [9.17, 15) is 4.79 Å². The van der Waals surface area contributed by atoms with Gasteiger partial charge in [0.15, 0.2) is 5.82 Å². The Hall–Kier alpha value is -4.31. The lowest BCUT2D eigenvalue weighted by Crippen LogP contribution is -2.35. The number of halogens is 2. The van der Waals surface area contributed by atoms with Crippen molar-refractivity contribution in [2.45, 2.75) is 32.4 Å². The third-order valence-electron chi connectivity index (χ3n) is 7.31. The minimum Gasteiger partial charge on any atom is -0.481 e. The molecule has 1 unspecified atom stereocenters. The number of hydrogen-bond donors (Lipinski definition) is 3. The van der Waals surface area contributed by atoms with E-state index in [-0.39, 0.29) is 11.9 Å². The van der Waals surface area contributed by atoms with Crippen LogP contribution in [-0.4, -0.2) is 45.5 Å². The highest BCUT2D eigenvalue weighted by atomic mass is 35.5. The van der Waals surface area contributed by atoms with Gasteiger partial charge in [-0.05, 0) is 37.6 Å². The maximum absolute atomic E-state index is 11.5. The molecule has 1 amide bonds. The van der Waals surface area contributed by atoms with Crippen LogP contribution < -0.4 is 20.7 Å². The molecule has 0 saturated carbocycles. The Labute approximate surface area is 259 Å². The van der Waals surface area contributed by atoms with Gasteiger partial charge in [-0.3, -0.25) is 9.78 Å². The average molecular weight is 615 g/mol. The van der Waals surface area contributed by atoms with Crippen LogP contribution in [0.4, 0.5) is 11.5 Å². The zero-order chi connectivity index (χ0) is 29.9. The first-order valence-corrected chi connectivity index (χ1v) is 14.6. The van der Waals surface area contributed by atoms with Crippen molar-refractivity contribution in [3.05, 3.63) is 88.3 Å². The van der Waals surface area contributed by atoms with E-state index in [0.29, 0.717) is 64.0 Å². The van der Waals surface area contributed by atoms with Crippen molar-refractivity contribution in [1.29, 1.82) is 0 Å². The van der Waals surface area contributed by atoms with Crippen molar-refractivity contribution < 1.29 is 9.53 Å². The number of hydrogen-bond acceptors (Lipinski definition) is 8. The van der Waals surface area contributed by atoms with Gasteiger partial charge in [-0.1, -0.05) is 59.6 Å². The van der Waals surface area contributed by atoms with Crippen LogP contribution in [0.2, 0.25) is 10.0 Å². The summed E-state index contributed by atoms with van der Waals surface area (Å²) >= 11 is 14.0. The van der Waals surface area contributed by atoms with Gasteiger partial charge in [-0.15, -0.1) is 0 Å². The Bertz CT molecular complexity index is 1830. The molecule has 9 nitrogen and oxygen atoms in total. The molecule has 1 saturated heterocycles. The van der Waals surface area contributed by atoms with Gasteiger partial charge in [0, 0.05) is 54.0 Å². The molecule has 4 heterocycles. The molecule has 6 rings (SSSR count). The number of carbonyl (C=O) groups is 1. The number of carbonyl (C=O) groups excluding carboxylic acids is 1. The number of fused-ring (bicyclic) bond motifs is 1. The van der Waals surface area contributed by atoms with Gasteiger partial charge in [-0.25, -0.2) is 15.0 Å². The van der Waals surface area contributed by atoms with Gasteiger partial charge >= 0.3 is 0 Å². The number of nitrogens with zero attached hydrogens (tertiary/aromatic N) is 4. The maximum Gasteiger partial charge on any atom is 0.220 e. The van der Waals surface area contributed by atoms with Gasteiger partial charge in [0.2, 0.25) is 11.8 Å². The summed E-state index contributed by atoms with van der Waals surface area (Å²) in [6, 6.07) is 19.3. The molecule has 2 aromatic carbocycles. The minimum atomic E-state index is 0.102. The molecule has 5 aromatic rings. The van der Waals surface area contributed by atoms with Crippen LogP contribution >= 0.6 is 23.2 Å². The van der Waals surface area contributed by atoms with E-state index in [4.69, 9.17) is 32.9 Å². The Balaban J connectivity index is 1.27. The Morgan fingerprint density at radius 2 is 1.74 bits per heavy atom. The third-order valence-corrected chi connectivity index (χ3v) is 8.12. The normalized spacial score (nSPS) is 14.6. The predicted molar refractivity (Wildman–Crippen MR) is 170 cm³/mol. The number of aromatic nitrogens is 4. The summed E-state index contributed by atoms with van der Waals surface area (Å²) in [5.41, 5.74) is 5.92. The lowest BCUT2D eigenvalue weighted by atomic mass is 10.00. The largest absolute Gasteiger partial charge is 0.481 e. The summed E-state index contributed by atoms with van der Waals surface area (Å²) < 4.78 is 5.62. The molecule has 1 aliphatic rings. The van der Waals surface area contributed by atoms with Crippen molar-refractivity contribution in [2.75, 3.05) is 19.0 Å². The number of aryl methyl sites for hydroxylation is 1. The highest BCUT2D eigenvalue weighted by molar-refractivity contribution is 6.39. The summed E-state index contributed by atoms with van der Waals surface area (Å²) in [4.78, 5) is 29.7. The number of pyridine rings is 2. The zero-order valence-electron chi connectivity index (χ0n) is 23.6. The van der Waals surface area contributed by atoms with Crippen LogP contribution in [0.1, 0.15) is 24.2 Å². The van der Waals surface area contributed by atoms with E-state index in [1.54, 1.807) is 13.3 Å². The highest BCUT2D eigenvalue weighted by Crippen LogP contribution is 2.42. The number of ether oxygens (including phenoxy) is 1. The summed E-state index contributed by atoms with van der Waals surface area (Å²) in [5, 5.41) is 10.7. The van der Waals surface area contributed by atoms with Crippen LogP contribution in [0.25, 0.3) is 33.4 Å². The molecule has 0 bridgehead atoms. The number of rotatable bonds is 9. The molecule has 1 fully saturated rings. The van der Waals surface area contributed by atoms with E-state index < -0.39 is 0 Å². The van der Waals surface area contributed by atoms with Gasteiger partial charge in [0.05, 0.1) is 34.1 Å². The fourth-order valence-electron chi connectivity index (χ4n) is 5.21. The predicted octanol–water partition coefficient (Wildman–Crippen LogP) is 6.49. The van der Waals surface area contributed by atoms with E-state index >= 15 is 0 Å². The second-order valence-corrected chi connectivity index (χ2v) is 11.0. The lowest BCUT2D eigenvalue weighted by Gasteiger charge is -2.16. The van der Waals surface area contributed by atoms with Gasteiger partial charge in [0.1, 0.15) is 11.3 Å². The van der Waals surface area contributed by atoms with Crippen LogP contribution in [0.15, 0.2) is 66.9 Å². The average Bonchev–Trinajstić information content (AvgIpc) is 3.43. The summed E-state index contributed by atoms with van der Waals surface area (Å²) in [6.45, 7) is 3.08. The molecule has 43 heavy (non-hydrogen) atoms. The molecular formula is C32H29Cl2N7O2. The molecule has 218 valence electrons. The Morgan fingerprint density at radius 3 is 2.53 bits per heavy atom. The van der Waals surface area contributed by atoms with E-state index in [1.807, 2.05) is 67.6 Å². The number of anilines is 2. The van der Waals surface area contributed by atoms with Crippen molar-refractivity contribution >= 4 is 51.6 Å². The first-order chi connectivity index (χ1) is 20.9. The maximum atomic E-state index is 11.5. The van der Waals surface area contributed by atoms with E-state index in [2.05, 4.69) is 30.9 Å². The number of amides is 1.